The van der Waals surface area contributed by atoms with Gasteiger partial charge < -0.3 is 14.5 Å². The molecule has 0 saturated carbocycles. The van der Waals surface area contributed by atoms with Crippen molar-refractivity contribution in [2.45, 2.75) is 33.7 Å². The van der Waals surface area contributed by atoms with Crippen molar-refractivity contribution in [2.75, 3.05) is 6.54 Å². The van der Waals surface area contributed by atoms with Gasteiger partial charge in [0.05, 0.1) is 11.3 Å². The molecule has 2 heterocycles. The van der Waals surface area contributed by atoms with Gasteiger partial charge in [-0.1, -0.05) is 12.1 Å². The lowest BCUT2D eigenvalue weighted by molar-refractivity contribution is 0.0953. The standard InChI is InChI=1S/C19H22BrN5O/c1-4-24-12-22-23-18(24)9-10-21-19(26)15-11-13(2)25(14(15)3)17-8-6-5-7-16(17)20/h5-8,11-12H,4,9-10H2,1-3H3,(H,21,26). The minimum Gasteiger partial charge on any atom is -0.352 e. The molecule has 0 aliphatic rings. The molecule has 136 valence electrons. The first-order valence-corrected chi connectivity index (χ1v) is 9.41. The number of amides is 1. The fourth-order valence-electron chi connectivity index (χ4n) is 3.12. The second kappa shape index (κ2) is 7.86. The number of aryl methyl sites for hydroxylation is 2. The van der Waals surface area contributed by atoms with Crippen LogP contribution in [-0.4, -0.2) is 31.8 Å². The van der Waals surface area contributed by atoms with Crippen LogP contribution in [0.1, 0.15) is 34.5 Å². The van der Waals surface area contributed by atoms with Crippen molar-refractivity contribution in [3.63, 3.8) is 0 Å². The summed E-state index contributed by atoms with van der Waals surface area (Å²) in [6.07, 6.45) is 2.37. The average molecular weight is 416 g/mol. The lowest BCUT2D eigenvalue weighted by atomic mass is 10.2. The van der Waals surface area contributed by atoms with Crippen molar-refractivity contribution in [3.05, 3.63) is 63.9 Å². The van der Waals surface area contributed by atoms with Gasteiger partial charge in [0.25, 0.3) is 5.91 Å². The van der Waals surface area contributed by atoms with E-state index in [2.05, 4.69) is 36.0 Å². The van der Waals surface area contributed by atoms with E-state index in [9.17, 15) is 4.79 Å². The molecule has 1 aromatic carbocycles. The highest BCUT2D eigenvalue weighted by Crippen LogP contribution is 2.26. The molecule has 2 aromatic heterocycles. The van der Waals surface area contributed by atoms with Gasteiger partial charge in [-0.3, -0.25) is 4.79 Å². The van der Waals surface area contributed by atoms with E-state index in [0.29, 0.717) is 18.5 Å². The van der Waals surface area contributed by atoms with E-state index < -0.39 is 0 Å². The van der Waals surface area contributed by atoms with Crippen molar-refractivity contribution in [1.82, 2.24) is 24.6 Å². The number of hydrogen-bond acceptors (Lipinski definition) is 3. The van der Waals surface area contributed by atoms with Crippen LogP contribution >= 0.6 is 15.9 Å². The molecule has 1 amide bonds. The minimum absolute atomic E-state index is 0.0704. The van der Waals surface area contributed by atoms with Crippen molar-refractivity contribution >= 4 is 21.8 Å². The zero-order valence-electron chi connectivity index (χ0n) is 15.2. The van der Waals surface area contributed by atoms with Crippen LogP contribution in [0.3, 0.4) is 0 Å². The summed E-state index contributed by atoms with van der Waals surface area (Å²) in [4.78, 5) is 12.7. The van der Waals surface area contributed by atoms with Crippen LogP contribution < -0.4 is 5.32 Å². The number of nitrogens with zero attached hydrogens (tertiary/aromatic N) is 4. The molecule has 0 unspecified atom stereocenters. The summed E-state index contributed by atoms with van der Waals surface area (Å²) in [6, 6.07) is 9.92. The molecule has 0 fully saturated rings. The summed E-state index contributed by atoms with van der Waals surface area (Å²) in [5.41, 5.74) is 3.65. The third-order valence-corrected chi connectivity index (χ3v) is 5.11. The van der Waals surface area contributed by atoms with Crippen molar-refractivity contribution < 1.29 is 4.79 Å². The predicted molar refractivity (Wildman–Crippen MR) is 105 cm³/mol. The first-order valence-electron chi connectivity index (χ1n) is 8.61. The van der Waals surface area contributed by atoms with Crippen LogP contribution in [0.5, 0.6) is 0 Å². The molecule has 26 heavy (non-hydrogen) atoms. The molecule has 0 saturated heterocycles. The maximum Gasteiger partial charge on any atom is 0.253 e. The molecule has 3 rings (SSSR count). The molecule has 0 bridgehead atoms. The predicted octanol–water partition coefficient (Wildman–Crippen LogP) is 3.44. The summed E-state index contributed by atoms with van der Waals surface area (Å²) in [6.45, 7) is 7.36. The van der Waals surface area contributed by atoms with Crippen LogP contribution in [0.15, 0.2) is 41.1 Å². The molecule has 7 heteroatoms. The van der Waals surface area contributed by atoms with E-state index in [1.165, 1.54) is 0 Å². The summed E-state index contributed by atoms with van der Waals surface area (Å²) >= 11 is 3.59. The van der Waals surface area contributed by atoms with Gasteiger partial charge in [0.15, 0.2) is 0 Å². The Labute approximate surface area is 161 Å². The Bertz CT molecular complexity index is 928. The zero-order chi connectivity index (χ0) is 18.7. The van der Waals surface area contributed by atoms with Gasteiger partial charge in [-0.2, -0.15) is 0 Å². The molecular formula is C19H22BrN5O. The van der Waals surface area contributed by atoms with Crippen molar-refractivity contribution in [1.29, 1.82) is 0 Å². The lowest BCUT2D eigenvalue weighted by Gasteiger charge is -2.12. The van der Waals surface area contributed by atoms with Gasteiger partial charge >= 0.3 is 0 Å². The number of carbonyl (C=O) groups is 1. The third-order valence-electron chi connectivity index (χ3n) is 4.44. The largest absolute Gasteiger partial charge is 0.352 e. The Kier molecular flexibility index (Phi) is 5.56. The van der Waals surface area contributed by atoms with Crippen LogP contribution in [-0.2, 0) is 13.0 Å². The maximum atomic E-state index is 12.7. The molecule has 0 aliphatic heterocycles. The number of rotatable bonds is 6. The van der Waals surface area contributed by atoms with Gasteiger partial charge in [0.1, 0.15) is 12.2 Å². The van der Waals surface area contributed by atoms with Gasteiger partial charge in [-0.05, 0) is 54.9 Å². The molecule has 6 nitrogen and oxygen atoms in total. The van der Waals surface area contributed by atoms with Crippen molar-refractivity contribution in [3.8, 4) is 5.69 Å². The summed E-state index contributed by atoms with van der Waals surface area (Å²) < 4.78 is 5.06. The Morgan fingerprint density at radius 3 is 2.77 bits per heavy atom. The SMILES string of the molecule is CCn1cnnc1CCNC(=O)c1cc(C)n(-c2ccccc2Br)c1C. The summed E-state index contributed by atoms with van der Waals surface area (Å²) in [5.74, 6) is 0.811. The Hall–Kier alpha value is -2.41. The van der Waals surface area contributed by atoms with E-state index in [-0.39, 0.29) is 5.91 Å². The fourth-order valence-corrected chi connectivity index (χ4v) is 3.58. The van der Waals surface area contributed by atoms with E-state index in [0.717, 1.165) is 33.9 Å². The molecule has 0 atom stereocenters. The summed E-state index contributed by atoms with van der Waals surface area (Å²) in [5, 5.41) is 11.0. The van der Waals surface area contributed by atoms with E-state index >= 15 is 0 Å². The third kappa shape index (κ3) is 3.58. The molecule has 0 aliphatic carbocycles. The normalized spacial score (nSPS) is 10.9. The first kappa shape index (κ1) is 18.4. The Morgan fingerprint density at radius 1 is 1.27 bits per heavy atom. The second-order valence-electron chi connectivity index (χ2n) is 6.11. The van der Waals surface area contributed by atoms with Crippen LogP contribution in [0.4, 0.5) is 0 Å². The van der Waals surface area contributed by atoms with Gasteiger partial charge in [0, 0.05) is 35.4 Å². The quantitative estimate of drug-likeness (QED) is 0.670. The fraction of sp³-hybridized carbons (Fsp3) is 0.316. The van der Waals surface area contributed by atoms with E-state index in [1.54, 1.807) is 6.33 Å². The zero-order valence-corrected chi connectivity index (χ0v) is 16.7. The Balaban J connectivity index is 1.74. The van der Waals surface area contributed by atoms with Crippen molar-refractivity contribution in [2.24, 2.45) is 0 Å². The van der Waals surface area contributed by atoms with E-state index in [4.69, 9.17) is 0 Å². The van der Waals surface area contributed by atoms with Crippen LogP contribution in [0.2, 0.25) is 0 Å². The first-order chi connectivity index (χ1) is 12.5. The number of carbonyl (C=O) groups excluding carboxylic acids is 1. The smallest absolute Gasteiger partial charge is 0.253 e. The van der Waals surface area contributed by atoms with Gasteiger partial charge in [0.2, 0.25) is 0 Å². The number of benzene rings is 1. The molecule has 1 N–H and O–H groups in total. The number of hydrogen-bond donors (Lipinski definition) is 1. The maximum absolute atomic E-state index is 12.7. The Morgan fingerprint density at radius 2 is 2.04 bits per heavy atom. The number of halogens is 1. The molecule has 0 radical (unpaired) electrons. The van der Waals surface area contributed by atoms with Gasteiger partial charge in [-0.15, -0.1) is 10.2 Å². The number of nitrogens with one attached hydrogen (secondary N) is 1. The summed E-state index contributed by atoms with van der Waals surface area (Å²) in [7, 11) is 0. The average Bonchev–Trinajstić information content (AvgIpc) is 3.19. The highest BCUT2D eigenvalue weighted by Gasteiger charge is 2.17. The topological polar surface area (TPSA) is 64.7 Å². The molecular weight excluding hydrogens is 394 g/mol. The van der Waals surface area contributed by atoms with E-state index in [1.807, 2.05) is 55.7 Å². The lowest BCUT2D eigenvalue weighted by Crippen LogP contribution is -2.27. The van der Waals surface area contributed by atoms with Gasteiger partial charge in [-0.25, -0.2) is 0 Å². The van der Waals surface area contributed by atoms with Crippen LogP contribution in [0.25, 0.3) is 5.69 Å². The highest BCUT2D eigenvalue weighted by molar-refractivity contribution is 9.10. The number of para-hydroxylation sites is 1. The second-order valence-corrected chi connectivity index (χ2v) is 6.97. The minimum atomic E-state index is -0.0704. The molecule has 3 aromatic rings. The highest BCUT2D eigenvalue weighted by atomic mass is 79.9. The number of aromatic nitrogens is 4. The monoisotopic (exact) mass is 415 g/mol. The molecule has 0 spiro atoms. The van der Waals surface area contributed by atoms with Crippen LogP contribution in [0, 0.1) is 13.8 Å².